The van der Waals surface area contributed by atoms with Gasteiger partial charge >= 0.3 is 0 Å². The van der Waals surface area contributed by atoms with E-state index >= 15 is 0 Å². The van der Waals surface area contributed by atoms with E-state index in [1.165, 1.54) is 5.69 Å². The average Bonchev–Trinajstić information content (AvgIpc) is 3.19. The zero-order valence-corrected chi connectivity index (χ0v) is 17.2. The van der Waals surface area contributed by atoms with Crippen LogP contribution in [0.25, 0.3) is 39.1 Å². The van der Waals surface area contributed by atoms with E-state index in [9.17, 15) is 0 Å². The molecule has 0 atom stereocenters. The van der Waals surface area contributed by atoms with E-state index in [0.717, 1.165) is 52.2 Å². The molecule has 148 valence electrons. The Hall–Kier alpha value is -3.73. The molecule has 0 spiro atoms. The monoisotopic (exact) mass is 393 g/mol. The number of nitrogens with zero attached hydrogens (tertiary/aromatic N) is 5. The third-order valence-corrected chi connectivity index (χ3v) is 5.52. The van der Waals surface area contributed by atoms with Crippen molar-refractivity contribution in [3.8, 4) is 17.1 Å². The lowest BCUT2D eigenvalue weighted by atomic mass is 10.1. The van der Waals surface area contributed by atoms with Gasteiger partial charge < -0.3 is 4.90 Å². The fourth-order valence-electron chi connectivity index (χ4n) is 4.01. The van der Waals surface area contributed by atoms with Gasteiger partial charge in [0.15, 0.2) is 5.65 Å². The first-order chi connectivity index (χ1) is 14.8. The number of anilines is 1. The number of fused-ring (bicyclic) bond motifs is 2. The maximum absolute atomic E-state index is 4.94. The molecule has 3 heterocycles. The van der Waals surface area contributed by atoms with Crippen molar-refractivity contribution in [1.82, 2.24) is 19.5 Å². The van der Waals surface area contributed by atoms with Gasteiger partial charge in [-0.2, -0.15) is 0 Å². The number of pyridine rings is 2. The van der Waals surface area contributed by atoms with E-state index in [2.05, 4.69) is 81.8 Å². The molecule has 2 aromatic carbocycles. The van der Waals surface area contributed by atoms with Crippen LogP contribution in [0.2, 0.25) is 0 Å². The molecule has 0 bridgehead atoms. The number of rotatable bonds is 5. The second-order valence-corrected chi connectivity index (χ2v) is 7.19. The van der Waals surface area contributed by atoms with Crippen molar-refractivity contribution >= 4 is 27.8 Å². The lowest BCUT2D eigenvalue weighted by Gasteiger charge is -2.21. The number of benzene rings is 2. The van der Waals surface area contributed by atoms with E-state index in [1.54, 1.807) is 0 Å². The molecule has 0 unspecified atom stereocenters. The Bertz CT molecular complexity index is 1310. The lowest BCUT2D eigenvalue weighted by Crippen LogP contribution is -2.21. The van der Waals surface area contributed by atoms with E-state index in [-0.39, 0.29) is 0 Å². The van der Waals surface area contributed by atoms with Crippen molar-refractivity contribution in [3.05, 3.63) is 79.1 Å². The molecule has 30 heavy (non-hydrogen) atoms. The van der Waals surface area contributed by atoms with Gasteiger partial charge in [0.05, 0.1) is 11.2 Å². The predicted molar refractivity (Wildman–Crippen MR) is 123 cm³/mol. The summed E-state index contributed by atoms with van der Waals surface area (Å²) in [5.41, 5.74) is 5.89. The second-order valence-electron chi connectivity index (χ2n) is 7.19. The highest BCUT2D eigenvalue weighted by Crippen LogP contribution is 2.31. The lowest BCUT2D eigenvalue weighted by molar-refractivity contribution is 0.866. The molecule has 0 saturated heterocycles. The molecule has 0 aliphatic rings. The molecule has 5 nitrogen and oxygen atoms in total. The Morgan fingerprint density at radius 2 is 1.53 bits per heavy atom. The fraction of sp³-hybridized carbons (Fsp3) is 0.160. The Kier molecular flexibility index (Phi) is 4.64. The fourth-order valence-corrected chi connectivity index (χ4v) is 4.01. The van der Waals surface area contributed by atoms with Crippen LogP contribution in [-0.4, -0.2) is 32.6 Å². The first kappa shape index (κ1) is 18.3. The van der Waals surface area contributed by atoms with Gasteiger partial charge in [0.25, 0.3) is 0 Å². The first-order valence-corrected chi connectivity index (χ1v) is 10.3. The molecule has 0 fully saturated rings. The minimum atomic E-state index is 0.832. The van der Waals surface area contributed by atoms with Gasteiger partial charge in [-0.05, 0) is 62.4 Å². The maximum atomic E-state index is 4.94. The number of hydrogen-bond acceptors (Lipinski definition) is 4. The van der Waals surface area contributed by atoms with Crippen molar-refractivity contribution in [2.45, 2.75) is 13.8 Å². The topological polar surface area (TPSA) is 46.8 Å². The van der Waals surface area contributed by atoms with Crippen molar-refractivity contribution < 1.29 is 0 Å². The smallest absolute Gasteiger partial charge is 0.165 e. The molecule has 0 amide bonds. The maximum Gasteiger partial charge on any atom is 0.165 e. The van der Waals surface area contributed by atoms with Crippen LogP contribution in [-0.2, 0) is 0 Å². The van der Waals surface area contributed by atoms with Crippen LogP contribution in [0.3, 0.4) is 0 Å². The molecular weight excluding hydrogens is 370 g/mol. The minimum Gasteiger partial charge on any atom is -0.372 e. The Morgan fingerprint density at radius 3 is 2.33 bits per heavy atom. The van der Waals surface area contributed by atoms with Gasteiger partial charge in [0.1, 0.15) is 11.3 Å². The molecule has 0 N–H and O–H groups in total. The SMILES string of the molecule is CCN(CC)c1ccc(-c2nc3cccnc3n2-c2cccc3cccnc23)cc1. The summed E-state index contributed by atoms with van der Waals surface area (Å²) in [5.74, 6) is 0.868. The van der Waals surface area contributed by atoms with Crippen LogP contribution >= 0.6 is 0 Å². The summed E-state index contributed by atoms with van der Waals surface area (Å²) < 4.78 is 2.12. The first-order valence-electron chi connectivity index (χ1n) is 10.3. The molecule has 5 aromatic rings. The van der Waals surface area contributed by atoms with Crippen molar-refractivity contribution in [2.24, 2.45) is 0 Å². The summed E-state index contributed by atoms with van der Waals surface area (Å²) in [7, 11) is 0. The van der Waals surface area contributed by atoms with Gasteiger partial charge in [-0.15, -0.1) is 0 Å². The molecular formula is C25H23N5. The zero-order valence-electron chi connectivity index (χ0n) is 17.2. The summed E-state index contributed by atoms with van der Waals surface area (Å²) in [6.07, 6.45) is 3.64. The number of imidazole rings is 1. The normalized spacial score (nSPS) is 11.3. The summed E-state index contributed by atoms with van der Waals surface area (Å²) in [4.78, 5) is 16.6. The van der Waals surface area contributed by atoms with Crippen molar-refractivity contribution in [1.29, 1.82) is 0 Å². The minimum absolute atomic E-state index is 0.832. The van der Waals surface area contributed by atoms with Crippen molar-refractivity contribution in [3.63, 3.8) is 0 Å². The van der Waals surface area contributed by atoms with E-state index in [0.29, 0.717) is 0 Å². The predicted octanol–water partition coefficient (Wildman–Crippen LogP) is 5.48. The van der Waals surface area contributed by atoms with Gasteiger partial charge in [-0.1, -0.05) is 18.2 Å². The Labute approximate surface area is 175 Å². The van der Waals surface area contributed by atoms with Crippen LogP contribution < -0.4 is 4.90 Å². The summed E-state index contributed by atoms with van der Waals surface area (Å²) in [6.45, 7) is 6.33. The average molecular weight is 393 g/mol. The zero-order chi connectivity index (χ0) is 20.5. The van der Waals surface area contributed by atoms with Crippen LogP contribution in [0.1, 0.15) is 13.8 Å². The quantitative estimate of drug-likeness (QED) is 0.397. The molecule has 5 heteroatoms. The third-order valence-electron chi connectivity index (χ3n) is 5.52. The second kappa shape index (κ2) is 7.59. The molecule has 0 radical (unpaired) electrons. The number of para-hydroxylation sites is 1. The van der Waals surface area contributed by atoms with Crippen LogP contribution in [0, 0.1) is 0 Å². The van der Waals surface area contributed by atoms with Gasteiger partial charge in [-0.3, -0.25) is 9.55 Å². The van der Waals surface area contributed by atoms with Gasteiger partial charge in [0, 0.05) is 42.1 Å². The molecule has 0 saturated carbocycles. The Morgan fingerprint density at radius 1 is 0.800 bits per heavy atom. The molecule has 3 aromatic heterocycles. The largest absolute Gasteiger partial charge is 0.372 e. The van der Waals surface area contributed by atoms with Crippen LogP contribution in [0.5, 0.6) is 0 Å². The molecule has 0 aliphatic carbocycles. The Balaban J connectivity index is 1.74. The highest BCUT2D eigenvalue weighted by atomic mass is 15.1. The molecule has 0 aliphatic heterocycles. The van der Waals surface area contributed by atoms with E-state index < -0.39 is 0 Å². The van der Waals surface area contributed by atoms with Crippen LogP contribution in [0.15, 0.2) is 79.1 Å². The summed E-state index contributed by atoms with van der Waals surface area (Å²) >= 11 is 0. The van der Waals surface area contributed by atoms with Gasteiger partial charge in [-0.25, -0.2) is 9.97 Å². The van der Waals surface area contributed by atoms with Crippen molar-refractivity contribution in [2.75, 3.05) is 18.0 Å². The summed E-state index contributed by atoms with van der Waals surface area (Å²) in [5, 5.41) is 1.09. The third kappa shape index (κ3) is 2.99. The van der Waals surface area contributed by atoms with Crippen LogP contribution in [0.4, 0.5) is 5.69 Å². The summed E-state index contributed by atoms with van der Waals surface area (Å²) in [6, 6.07) is 22.8. The van der Waals surface area contributed by atoms with E-state index in [1.807, 2.05) is 30.6 Å². The number of hydrogen-bond donors (Lipinski definition) is 0. The highest BCUT2D eigenvalue weighted by Gasteiger charge is 2.17. The highest BCUT2D eigenvalue weighted by molar-refractivity contribution is 5.90. The molecule has 5 rings (SSSR count). The number of aromatic nitrogens is 4. The van der Waals surface area contributed by atoms with E-state index in [4.69, 9.17) is 4.98 Å². The standard InChI is InChI=1S/C25H23N5/c1-3-29(4-2)20-14-12-19(13-15-20)24-28-21-10-7-17-27-25(21)30(24)22-11-5-8-18-9-6-16-26-23(18)22/h5-17H,3-4H2,1-2H3. The van der Waals surface area contributed by atoms with Gasteiger partial charge in [0.2, 0.25) is 0 Å².